The van der Waals surface area contributed by atoms with Crippen molar-refractivity contribution in [1.82, 2.24) is 4.90 Å². The Labute approximate surface area is 65.8 Å². The van der Waals surface area contributed by atoms with E-state index < -0.39 is 12.0 Å². The average Bonchev–Trinajstić information content (AvgIpc) is 1.85. The van der Waals surface area contributed by atoms with Crippen LogP contribution in [-0.2, 0) is 9.53 Å². The van der Waals surface area contributed by atoms with Crippen LogP contribution < -0.4 is 0 Å². The van der Waals surface area contributed by atoms with Gasteiger partial charge in [0.2, 0.25) is 0 Å². The summed E-state index contributed by atoms with van der Waals surface area (Å²) in [7, 11) is 1.80. The van der Waals surface area contributed by atoms with E-state index in [9.17, 15) is 4.79 Å². The van der Waals surface area contributed by atoms with Crippen molar-refractivity contribution in [2.75, 3.05) is 20.2 Å². The molecular formula is C7H13NO3. The lowest BCUT2D eigenvalue weighted by atomic mass is 10.1. The summed E-state index contributed by atoms with van der Waals surface area (Å²) >= 11 is 0. The van der Waals surface area contributed by atoms with Crippen LogP contribution in [0.1, 0.15) is 6.92 Å². The van der Waals surface area contributed by atoms with Gasteiger partial charge in [0.15, 0.2) is 0 Å². The number of hydrogen-bond donors (Lipinski definition) is 1. The first-order chi connectivity index (χ1) is 5.13. The van der Waals surface area contributed by atoms with Crippen LogP contribution in [0.15, 0.2) is 0 Å². The van der Waals surface area contributed by atoms with E-state index in [0.29, 0.717) is 13.2 Å². The van der Waals surface area contributed by atoms with Gasteiger partial charge < -0.3 is 9.84 Å². The summed E-state index contributed by atoms with van der Waals surface area (Å²) in [6.07, 6.45) is -0.203. The van der Waals surface area contributed by atoms with Crippen molar-refractivity contribution in [3.05, 3.63) is 0 Å². The smallest absolute Gasteiger partial charge is 0.323 e. The minimum atomic E-state index is -0.806. The number of likely N-dealkylation sites (N-methyl/N-ethyl adjacent to an activating group) is 1. The van der Waals surface area contributed by atoms with E-state index in [1.54, 1.807) is 18.9 Å². The fourth-order valence-electron chi connectivity index (χ4n) is 1.36. The Morgan fingerprint density at radius 2 is 2.36 bits per heavy atom. The number of carboxylic acid groups (broad SMARTS) is 1. The highest BCUT2D eigenvalue weighted by Crippen LogP contribution is 2.11. The first-order valence-corrected chi connectivity index (χ1v) is 3.67. The maximum absolute atomic E-state index is 10.7. The molecule has 11 heavy (non-hydrogen) atoms. The van der Waals surface area contributed by atoms with Crippen LogP contribution in [0.4, 0.5) is 0 Å². The van der Waals surface area contributed by atoms with Gasteiger partial charge in [-0.15, -0.1) is 0 Å². The van der Waals surface area contributed by atoms with Crippen LogP contribution in [0.3, 0.4) is 0 Å². The second-order valence-corrected chi connectivity index (χ2v) is 2.84. The van der Waals surface area contributed by atoms with Gasteiger partial charge in [0.25, 0.3) is 0 Å². The molecule has 0 amide bonds. The number of carbonyl (C=O) groups is 1. The van der Waals surface area contributed by atoms with E-state index in [1.165, 1.54) is 0 Å². The number of ether oxygens (including phenoxy) is 1. The van der Waals surface area contributed by atoms with Crippen LogP contribution in [-0.4, -0.2) is 48.3 Å². The summed E-state index contributed by atoms with van der Waals surface area (Å²) in [5.41, 5.74) is 0. The van der Waals surface area contributed by atoms with Gasteiger partial charge >= 0.3 is 5.97 Å². The molecule has 0 aliphatic carbocycles. The normalized spacial score (nSPS) is 33.6. The van der Waals surface area contributed by atoms with Gasteiger partial charge in [-0.2, -0.15) is 0 Å². The van der Waals surface area contributed by atoms with Crippen molar-refractivity contribution in [3.63, 3.8) is 0 Å². The van der Waals surface area contributed by atoms with Gasteiger partial charge in [0, 0.05) is 6.54 Å². The zero-order valence-corrected chi connectivity index (χ0v) is 6.78. The van der Waals surface area contributed by atoms with E-state index >= 15 is 0 Å². The van der Waals surface area contributed by atoms with Gasteiger partial charge in [0.05, 0.1) is 12.7 Å². The number of aliphatic carboxylic acids is 1. The highest BCUT2D eigenvalue weighted by molar-refractivity contribution is 5.74. The van der Waals surface area contributed by atoms with E-state index in [4.69, 9.17) is 9.84 Å². The van der Waals surface area contributed by atoms with Crippen molar-refractivity contribution in [1.29, 1.82) is 0 Å². The molecular weight excluding hydrogens is 146 g/mol. The van der Waals surface area contributed by atoms with Crippen molar-refractivity contribution >= 4 is 5.97 Å². The third-order valence-electron chi connectivity index (χ3n) is 2.00. The quantitative estimate of drug-likeness (QED) is 0.575. The lowest BCUT2D eigenvalue weighted by molar-refractivity contribution is -0.154. The highest BCUT2D eigenvalue weighted by atomic mass is 16.5. The molecule has 0 spiro atoms. The number of hydrogen-bond acceptors (Lipinski definition) is 3. The second-order valence-electron chi connectivity index (χ2n) is 2.84. The van der Waals surface area contributed by atoms with Gasteiger partial charge in [-0.05, 0) is 14.0 Å². The molecule has 0 radical (unpaired) electrons. The van der Waals surface area contributed by atoms with Crippen LogP contribution in [0.25, 0.3) is 0 Å². The number of rotatable bonds is 1. The Morgan fingerprint density at radius 1 is 1.73 bits per heavy atom. The molecule has 2 atom stereocenters. The minimum Gasteiger partial charge on any atom is -0.480 e. The summed E-state index contributed by atoms with van der Waals surface area (Å²) < 4.78 is 5.20. The fourth-order valence-corrected chi connectivity index (χ4v) is 1.36. The summed E-state index contributed by atoms with van der Waals surface area (Å²) in [5, 5.41) is 8.76. The minimum absolute atomic E-state index is 0.203. The molecule has 1 saturated heterocycles. The highest BCUT2D eigenvalue weighted by Gasteiger charge is 2.32. The molecule has 64 valence electrons. The Kier molecular flexibility index (Phi) is 2.46. The van der Waals surface area contributed by atoms with Crippen molar-refractivity contribution in [2.24, 2.45) is 0 Å². The molecule has 0 bridgehead atoms. The summed E-state index contributed by atoms with van der Waals surface area (Å²) in [5.74, 6) is -0.806. The van der Waals surface area contributed by atoms with Crippen LogP contribution in [0.5, 0.6) is 0 Å². The first-order valence-electron chi connectivity index (χ1n) is 3.67. The zero-order chi connectivity index (χ0) is 8.43. The van der Waals surface area contributed by atoms with Gasteiger partial charge in [-0.3, -0.25) is 9.69 Å². The first kappa shape index (κ1) is 8.49. The molecule has 1 aliphatic heterocycles. The van der Waals surface area contributed by atoms with E-state index in [-0.39, 0.29) is 6.10 Å². The van der Waals surface area contributed by atoms with Crippen LogP contribution >= 0.6 is 0 Å². The Hall–Kier alpha value is -0.610. The van der Waals surface area contributed by atoms with Gasteiger partial charge in [-0.1, -0.05) is 0 Å². The molecule has 0 aromatic heterocycles. The van der Waals surface area contributed by atoms with Crippen molar-refractivity contribution in [3.8, 4) is 0 Å². The molecule has 2 unspecified atom stereocenters. The molecule has 1 rings (SSSR count). The molecule has 1 N–H and O–H groups in total. The van der Waals surface area contributed by atoms with Gasteiger partial charge in [0.1, 0.15) is 6.04 Å². The zero-order valence-electron chi connectivity index (χ0n) is 6.78. The Morgan fingerprint density at radius 3 is 2.73 bits per heavy atom. The molecule has 0 saturated carbocycles. The SMILES string of the molecule is CC1OCCN(C)C1C(=O)O. The molecule has 1 fully saturated rings. The Bertz CT molecular complexity index is 150. The Balaban J connectivity index is 2.62. The summed E-state index contributed by atoms with van der Waals surface area (Å²) in [6.45, 7) is 3.11. The third-order valence-corrected chi connectivity index (χ3v) is 2.00. The van der Waals surface area contributed by atoms with Gasteiger partial charge in [-0.25, -0.2) is 0 Å². The molecule has 4 nitrogen and oxygen atoms in total. The number of carboxylic acids is 1. The number of nitrogens with zero attached hydrogens (tertiary/aromatic N) is 1. The van der Waals surface area contributed by atoms with Crippen LogP contribution in [0.2, 0.25) is 0 Å². The lowest BCUT2D eigenvalue weighted by Gasteiger charge is -2.34. The van der Waals surface area contributed by atoms with Crippen molar-refractivity contribution < 1.29 is 14.6 Å². The molecule has 0 aromatic rings. The average molecular weight is 159 g/mol. The number of morpholine rings is 1. The van der Waals surface area contributed by atoms with Crippen LogP contribution in [0, 0.1) is 0 Å². The third kappa shape index (κ3) is 1.70. The van der Waals surface area contributed by atoms with Crippen molar-refractivity contribution in [2.45, 2.75) is 19.1 Å². The molecule has 1 heterocycles. The summed E-state index contributed by atoms with van der Waals surface area (Å²) in [6, 6.07) is -0.483. The largest absolute Gasteiger partial charge is 0.480 e. The predicted octanol–water partition coefficient (Wildman–Crippen LogP) is -0.210. The second kappa shape index (κ2) is 3.19. The maximum atomic E-state index is 10.7. The molecule has 1 aliphatic rings. The predicted molar refractivity (Wildman–Crippen MR) is 39.5 cm³/mol. The van der Waals surface area contributed by atoms with E-state index in [0.717, 1.165) is 0 Å². The lowest BCUT2D eigenvalue weighted by Crippen LogP contribution is -2.52. The van der Waals surface area contributed by atoms with E-state index in [2.05, 4.69) is 0 Å². The summed E-state index contributed by atoms with van der Waals surface area (Å²) in [4.78, 5) is 12.5. The maximum Gasteiger partial charge on any atom is 0.323 e. The standard InChI is InChI=1S/C7H13NO3/c1-5-6(7(9)10)8(2)3-4-11-5/h5-6H,3-4H2,1-2H3,(H,9,10). The fraction of sp³-hybridized carbons (Fsp3) is 0.857. The topological polar surface area (TPSA) is 49.8 Å². The molecule has 4 heteroatoms. The van der Waals surface area contributed by atoms with E-state index in [1.807, 2.05) is 0 Å². The molecule has 0 aromatic carbocycles. The monoisotopic (exact) mass is 159 g/mol.